The molecule has 0 unspecified atom stereocenters. The molecule has 0 aliphatic rings. The number of hydrogen-bond acceptors (Lipinski definition) is 4. The second-order valence-corrected chi connectivity index (χ2v) is 8.61. The van der Waals surface area contributed by atoms with Crippen molar-refractivity contribution in [2.24, 2.45) is 4.99 Å². The van der Waals surface area contributed by atoms with E-state index < -0.39 is 10.0 Å². The van der Waals surface area contributed by atoms with Crippen LogP contribution >= 0.6 is 46.9 Å². The van der Waals surface area contributed by atoms with Crippen LogP contribution in [0.2, 0.25) is 4.34 Å². The van der Waals surface area contributed by atoms with Gasteiger partial charge < -0.3 is 10.6 Å². The molecule has 0 amide bonds. The van der Waals surface area contributed by atoms with E-state index in [2.05, 4.69) is 20.3 Å². The van der Waals surface area contributed by atoms with Gasteiger partial charge in [-0.15, -0.1) is 35.3 Å². The first-order chi connectivity index (χ1) is 11.9. The maximum atomic E-state index is 13.6. The predicted octanol–water partition coefficient (Wildman–Crippen LogP) is 2.80. The van der Waals surface area contributed by atoms with Crippen LogP contribution in [0.25, 0.3) is 0 Å². The van der Waals surface area contributed by atoms with Gasteiger partial charge in [-0.1, -0.05) is 29.8 Å². The zero-order valence-electron chi connectivity index (χ0n) is 13.8. The summed E-state index contributed by atoms with van der Waals surface area (Å²) in [5.41, 5.74) is 0.515. The molecule has 1 heterocycles. The van der Waals surface area contributed by atoms with Crippen molar-refractivity contribution in [1.29, 1.82) is 0 Å². The number of hydrogen-bond donors (Lipinski definition) is 3. The van der Waals surface area contributed by atoms with Gasteiger partial charge in [0.1, 0.15) is 10.0 Å². The largest absolute Gasteiger partial charge is 0.355 e. The van der Waals surface area contributed by atoms with E-state index in [4.69, 9.17) is 11.6 Å². The highest BCUT2D eigenvalue weighted by Crippen LogP contribution is 2.25. The van der Waals surface area contributed by atoms with Crippen LogP contribution in [0.5, 0.6) is 0 Å². The molecule has 144 valence electrons. The van der Waals surface area contributed by atoms with Gasteiger partial charge in [0.25, 0.3) is 0 Å². The van der Waals surface area contributed by atoms with Crippen molar-refractivity contribution in [3.05, 3.63) is 52.1 Å². The van der Waals surface area contributed by atoms with Gasteiger partial charge in [0.05, 0.1) is 4.34 Å². The molecule has 26 heavy (non-hydrogen) atoms. The summed E-state index contributed by atoms with van der Waals surface area (Å²) >= 11 is 6.74. The van der Waals surface area contributed by atoms with Crippen LogP contribution in [0.1, 0.15) is 5.56 Å². The number of halogens is 3. The first-order valence-electron chi connectivity index (χ1n) is 7.35. The second-order valence-electron chi connectivity index (χ2n) is 4.90. The molecule has 2 aromatic rings. The Hall–Kier alpha value is -0.950. The van der Waals surface area contributed by atoms with E-state index in [1.165, 1.54) is 18.2 Å². The van der Waals surface area contributed by atoms with Crippen molar-refractivity contribution >= 4 is 62.9 Å². The normalized spacial score (nSPS) is 11.7. The third-order valence-corrected chi connectivity index (χ3v) is 6.33. The Labute approximate surface area is 178 Å². The Balaban J connectivity index is 0.00000338. The highest BCUT2D eigenvalue weighted by molar-refractivity contribution is 14.0. The van der Waals surface area contributed by atoms with Crippen molar-refractivity contribution in [2.75, 3.05) is 20.1 Å². The molecule has 0 fully saturated rings. The van der Waals surface area contributed by atoms with Crippen molar-refractivity contribution in [2.45, 2.75) is 10.8 Å². The molecule has 6 nitrogen and oxygen atoms in total. The van der Waals surface area contributed by atoms with E-state index in [1.54, 1.807) is 25.2 Å². The minimum atomic E-state index is -3.57. The average molecular weight is 533 g/mol. The fourth-order valence-corrected chi connectivity index (χ4v) is 4.48. The molecule has 0 atom stereocenters. The molecule has 3 N–H and O–H groups in total. The van der Waals surface area contributed by atoms with Crippen molar-refractivity contribution in [3.8, 4) is 0 Å². The van der Waals surface area contributed by atoms with Crippen molar-refractivity contribution in [3.63, 3.8) is 0 Å². The van der Waals surface area contributed by atoms with Crippen LogP contribution in [-0.2, 0) is 16.6 Å². The van der Waals surface area contributed by atoms with E-state index in [0.717, 1.165) is 11.3 Å². The molecule has 11 heteroatoms. The van der Waals surface area contributed by atoms with E-state index in [0.29, 0.717) is 22.4 Å². The van der Waals surface area contributed by atoms with E-state index in [-0.39, 0.29) is 47.1 Å². The Morgan fingerprint density at radius 1 is 1.19 bits per heavy atom. The quantitative estimate of drug-likeness (QED) is 0.222. The van der Waals surface area contributed by atoms with E-state index in [9.17, 15) is 12.8 Å². The molecular formula is C15H19ClFIN4O2S2. The standard InChI is InChI=1S/C15H18ClFN4O2S2.HI/c1-18-15(20-10-11-4-2-3-5-12(11)17)19-8-9-21-25(22,23)14-7-6-13(16)24-14;/h2-7,21H,8-10H2,1H3,(H2,18,19,20);1H. The minimum Gasteiger partial charge on any atom is -0.355 e. The molecule has 0 spiro atoms. The van der Waals surface area contributed by atoms with Crippen molar-refractivity contribution in [1.82, 2.24) is 15.4 Å². The van der Waals surface area contributed by atoms with Gasteiger partial charge in [-0.2, -0.15) is 0 Å². The molecule has 0 aliphatic heterocycles. The van der Waals surface area contributed by atoms with Gasteiger partial charge in [0.2, 0.25) is 10.0 Å². The molecule has 0 aliphatic carbocycles. The maximum Gasteiger partial charge on any atom is 0.250 e. The van der Waals surface area contributed by atoms with Crippen LogP contribution in [-0.4, -0.2) is 34.5 Å². The SMILES string of the molecule is CN=C(NCCNS(=O)(=O)c1ccc(Cl)s1)NCc1ccccc1F.I. The van der Waals surface area contributed by atoms with Gasteiger partial charge >= 0.3 is 0 Å². The molecule has 2 rings (SSSR count). The lowest BCUT2D eigenvalue weighted by Crippen LogP contribution is -2.41. The Kier molecular flexibility index (Phi) is 9.79. The highest BCUT2D eigenvalue weighted by atomic mass is 127. The first kappa shape index (κ1) is 23.1. The summed E-state index contributed by atoms with van der Waals surface area (Å²) in [5, 5.41) is 5.92. The number of rotatable bonds is 7. The average Bonchev–Trinajstić information content (AvgIpc) is 3.03. The van der Waals surface area contributed by atoms with Crippen LogP contribution < -0.4 is 15.4 Å². The topological polar surface area (TPSA) is 82.6 Å². The molecule has 0 bridgehead atoms. The fraction of sp³-hybridized carbons (Fsp3) is 0.267. The smallest absolute Gasteiger partial charge is 0.250 e. The number of nitrogens with zero attached hydrogens (tertiary/aromatic N) is 1. The van der Waals surface area contributed by atoms with Gasteiger partial charge in [-0.05, 0) is 18.2 Å². The Morgan fingerprint density at radius 3 is 2.54 bits per heavy atom. The maximum absolute atomic E-state index is 13.6. The summed E-state index contributed by atoms with van der Waals surface area (Å²) < 4.78 is 40.7. The summed E-state index contributed by atoms with van der Waals surface area (Å²) in [5.74, 6) is 0.148. The van der Waals surface area contributed by atoms with Crippen LogP contribution in [0.4, 0.5) is 4.39 Å². The molecule has 0 saturated heterocycles. The number of aliphatic imine (C=N–C) groups is 1. The van der Waals surface area contributed by atoms with E-state index in [1.807, 2.05) is 0 Å². The Morgan fingerprint density at radius 2 is 1.92 bits per heavy atom. The van der Waals surface area contributed by atoms with Gasteiger partial charge in [0.15, 0.2) is 5.96 Å². The minimum absolute atomic E-state index is 0. The summed E-state index contributed by atoms with van der Waals surface area (Å²) in [6, 6.07) is 9.43. The first-order valence-corrected chi connectivity index (χ1v) is 10.0. The second kappa shape index (κ2) is 11.0. The van der Waals surface area contributed by atoms with E-state index >= 15 is 0 Å². The highest BCUT2D eigenvalue weighted by Gasteiger charge is 2.15. The monoisotopic (exact) mass is 532 g/mol. The fourth-order valence-electron chi connectivity index (χ4n) is 1.92. The molecule has 0 radical (unpaired) electrons. The number of sulfonamides is 1. The number of nitrogens with one attached hydrogen (secondary N) is 3. The molecule has 1 aromatic carbocycles. The van der Waals surface area contributed by atoms with Gasteiger partial charge in [0, 0.05) is 32.2 Å². The summed E-state index contributed by atoms with van der Waals surface area (Å²) in [6.45, 7) is 0.749. The van der Waals surface area contributed by atoms with Crippen LogP contribution in [0.3, 0.4) is 0 Å². The Bertz CT molecular complexity index is 846. The summed E-state index contributed by atoms with van der Waals surface area (Å²) in [4.78, 5) is 4.01. The lowest BCUT2D eigenvalue weighted by atomic mass is 10.2. The van der Waals surface area contributed by atoms with Gasteiger partial charge in [-0.3, -0.25) is 4.99 Å². The zero-order valence-corrected chi connectivity index (χ0v) is 18.5. The lowest BCUT2D eigenvalue weighted by Gasteiger charge is -2.12. The number of thiophene rings is 1. The third-order valence-electron chi connectivity index (χ3n) is 3.15. The van der Waals surface area contributed by atoms with Crippen molar-refractivity contribution < 1.29 is 12.8 Å². The number of guanidine groups is 1. The predicted molar refractivity (Wildman–Crippen MR) is 115 cm³/mol. The van der Waals surface area contributed by atoms with Gasteiger partial charge in [-0.25, -0.2) is 17.5 Å². The molecular weight excluding hydrogens is 514 g/mol. The van der Waals surface area contributed by atoms with Crippen LogP contribution in [0, 0.1) is 5.82 Å². The third kappa shape index (κ3) is 6.99. The number of benzene rings is 1. The lowest BCUT2D eigenvalue weighted by molar-refractivity contribution is 0.582. The zero-order chi connectivity index (χ0) is 18.3. The summed E-state index contributed by atoms with van der Waals surface area (Å²) in [6.07, 6.45) is 0. The molecule has 0 saturated carbocycles. The molecule has 1 aromatic heterocycles. The van der Waals surface area contributed by atoms with Crippen LogP contribution in [0.15, 0.2) is 45.6 Å². The summed E-state index contributed by atoms with van der Waals surface area (Å²) in [7, 11) is -1.99.